The molecule has 0 radical (unpaired) electrons. The van der Waals surface area contributed by atoms with Crippen LogP contribution in [0.25, 0.3) is 0 Å². The number of carbonyl (C=O) groups is 3. The molecule has 1 aromatic carbocycles. The third-order valence-corrected chi connectivity index (χ3v) is 5.23. The molecule has 0 atom stereocenters. The molecule has 1 aromatic heterocycles. The Morgan fingerprint density at radius 3 is 2.46 bits per heavy atom. The van der Waals surface area contributed by atoms with Crippen molar-refractivity contribution >= 4 is 29.3 Å². The van der Waals surface area contributed by atoms with Gasteiger partial charge in [0.25, 0.3) is 17.7 Å². The molecule has 3 heterocycles. The molecule has 26 heavy (non-hydrogen) atoms. The zero-order chi connectivity index (χ0) is 18.3. The Hall–Kier alpha value is -2.73. The molecule has 0 spiro atoms. The number of likely N-dealkylation sites (tertiary alicyclic amines) is 1. The largest absolute Gasteiger partial charge is 0.338 e. The molecule has 6 nitrogen and oxygen atoms in total. The van der Waals surface area contributed by atoms with E-state index in [0.717, 1.165) is 0 Å². The highest BCUT2D eigenvalue weighted by molar-refractivity contribution is 6.33. The monoisotopic (exact) mass is 369 g/mol. The number of rotatable bonds is 2. The molecule has 1 fully saturated rings. The number of amides is 3. The second-order valence-corrected chi connectivity index (χ2v) is 6.79. The first-order valence-electron chi connectivity index (χ1n) is 8.44. The van der Waals surface area contributed by atoms with Gasteiger partial charge in [-0.2, -0.15) is 0 Å². The predicted octanol–water partition coefficient (Wildman–Crippen LogP) is 2.64. The standard InChI is InChI=1S/C19H16ClN3O3/c20-15-6-2-1-4-13(15)17(24)22-10-7-12(8-11-22)23-18(25)14-5-3-9-21-16(14)19(23)26/h1-6,9,12H,7-8,10-11H2. The Morgan fingerprint density at radius 1 is 1.04 bits per heavy atom. The van der Waals surface area contributed by atoms with Gasteiger partial charge in [0.05, 0.1) is 16.1 Å². The molecule has 0 unspecified atom stereocenters. The molecule has 0 N–H and O–H groups in total. The van der Waals surface area contributed by atoms with Gasteiger partial charge in [0.2, 0.25) is 0 Å². The van der Waals surface area contributed by atoms with Crippen LogP contribution in [0, 0.1) is 0 Å². The first-order valence-corrected chi connectivity index (χ1v) is 8.82. The molecule has 2 aliphatic heterocycles. The summed E-state index contributed by atoms with van der Waals surface area (Å²) in [5, 5.41) is 0.422. The summed E-state index contributed by atoms with van der Waals surface area (Å²) in [5.41, 5.74) is 1.04. The topological polar surface area (TPSA) is 70.6 Å². The van der Waals surface area contributed by atoms with Crippen molar-refractivity contribution in [3.8, 4) is 0 Å². The van der Waals surface area contributed by atoms with Crippen LogP contribution in [0.2, 0.25) is 5.02 Å². The molecule has 132 valence electrons. The minimum Gasteiger partial charge on any atom is -0.338 e. The second-order valence-electron chi connectivity index (χ2n) is 6.38. The van der Waals surface area contributed by atoms with Crippen molar-refractivity contribution in [1.82, 2.24) is 14.8 Å². The molecule has 2 aromatic rings. The SMILES string of the molecule is O=C(c1ccccc1Cl)N1CCC(N2C(=O)c3cccnc3C2=O)CC1. The smallest absolute Gasteiger partial charge is 0.280 e. The minimum absolute atomic E-state index is 0.127. The molecular formula is C19H16ClN3O3. The Kier molecular flexibility index (Phi) is 4.20. The number of imide groups is 1. The molecule has 0 bridgehead atoms. The summed E-state index contributed by atoms with van der Waals surface area (Å²) >= 11 is 6.11. The van der Waals surface area contributed by atoms with Crippen LogP contribution in [0.3, 0.4) is 0 Å². The molecule has 3 amide bonds. The molecule has 0 aliphatic carbocycles. The van der Waals surface area contributed by atoms with Crippen molar-refractivity contribution in [2.24, 2.45) is 0 Å². The van der Waals surface area contributed by atoms with E-state index < -0.39 is 0 Å². The van der Waals surface area contributed by atoms with Crippen molar-refractivity contribution in [1.29, 1.82) is 0 Å². The van der Waals surface area contributed by atoms with Crippen LogP contribution in [0.1, 0.15) is 44.0 Å². The van der Waals surface area contributed by atoms with Gasteiger partial charge in [-0.1, -0.05) is 23.7 Å². The van der Waals surface area contributed by atoms with Crippen molar-refractivity contribution in [3.63, 3.8) is 0 Å². The van der Waals surface area contributed by atoms with Crippen molar-refractivity contribution in [2.75, 3.05) is 13.1 Å². The Morgan fingerprint density at radius 2 is 1.77 bits per heavy atom. The average molecular weight is 370 g/mol. The van der Waals surface area contributed by atoms with Crippen LogP contribution < -0.4 is 0 Å². The van der Waals surface area contributed by atoms with Crippen LogP contribution in [-0.4, -0.2) is 51.6 Å². The summed E-state index contributed by atoms with van der Waals surface area (Å²) in [6.45, 7) is 0.936. The zero-order valence-corrected chi connectivity index (χ0v) is 14.6. The van der Waals surface area contributed by atoms with Gasteiger partial charge < -0.3 is 4.90 Å². The molecule has 0 saturated carbocycles. The van der Waals surface area contributed by atoms with Gasteiger partial charge in [0.1, 0.15) is 5.69 Å². The van der Waals surface area contributed by atoms with E-state index >= 15 is 0 Å². The summed E-state index contributed by atoms with van der Waals surface area (Å²) in [6.07, 6.45) is 2.60. The number of aromatic nitrogens is 1. The van der Waals surface area contributed by atoms with E-state index in [1.54, 1.807) is 41.3 Å². The predicted molar refractivity (Wildman–Crippen MR) is 95.1 cm³/mol. The average Bonchev–Trinajstić information content (AvgIpc) is 2.93. The van der Waals surface area contributed by atoms with Crippen LogP contribution in [0.5, 0.6) is 0 Å². The van der Waals surface area contributed by atoms with Crippen molar-refractivity contribution < 1.29 is 14.4 Å². The normalized spacial score (nSPS) is 17.6. The molecular weight excluding hydrogens is 354 g/mol. The maximum absolute atomic E-state index is 12.6. The van der Waals surface area contributed by atoms with Gasteiger partial charge in [0.15, 0.2) is 0 Å². The summed E-state index contributed by atoms with van der Waals surface area (Å²) < 4.78 is 0. The van der Waals surface area contributed by atoms with E-state index in [2.05, 4.69) is 4.98 Å². The fourth-order valence-electron chi connectivity index (χ4n) is 3.55. The Labute approximate surface area is 155 Å². The highest BCUT2D eigenvalue weighted by Gasteiger charge is 2.42. The number of hydrogen-bond donors (Lipinski definition) is 0. The van der Waals surface area contributed by atoms with Crippen molar-refractivity contribution in [2.45, 2.75) is 18.9 Å². The highest BCUT2D eigenvalue weighted by atomic mass is 35.5. The second kappa shape index (κ2) is 6.53. The number of pyridine rings is 1. The van der Waals surface area contributed by atoms with E-state index in [1.807, 2.05) is 0 Å². The zero-order valence-electron chi connectivity index (χ0n) is 13.9. The Balaban J connectivity index is 1.46. The summed E-state index contributed by atoms with van der Waals surface area (Å²) in [5.74, 6) is -0.770. The summed E-state index contributed by atoms with van der Waals surface area (Å²) in [6, 6.07) is 10.00. The highest BCUT2D eigenvalue weighted by Crippen LogP contribution is 2.28. The molecule has 7 heteroatoms. The number of benzene rings is 1. The molecule has 2 aliphatic rings. The lowest BCUT2D eigenvalue weighted by atomic mass is 10.0. The first kappa shape index (κ1) is 16.7. The van der Waals surface area contributed by atoms with Crippen LogP contribution >= 0.6 is 11.6 Å². The van der Waals surface area contributed by atoms with Gasteiger partial charge >= 0.3 is 0 Å². The van der Waals surface area contributed by atoms with Gasteiger partial charge in [-0.3, -0.25) is 24.3 Å². The number of hydrogen-bond acceptors (Lipinski definition) is 4. The number of halogens is 1. The molecule has 4 rings (SSSR count). The quantitative estimate of drug-likeness (QED) is 0.763. The van der Waals surface area contributed by atoms with E-state index in [1.165, 1.54) is 11.1 Å². The van der Waals surface area contributed by atoms with Crippen LogP contribution in [0.4, 0.5) is 0 Å². The number of carbonyl (C=O) groups excluding carboxylic acids is 3. The lowest BCUT2D eigenvalue weighted by Gasteiger charge is -2.35. The number of piperidine rings is 1. The van der Waals surface area contributed by atoms with E-state index in [-0.39, 0.29) is 29.5 Å². The van der Waals surface area contributed by atoms with Gasteiger partial charge in [-0.05, 0) is 37.1 Å². The van der Waals surface area contributed by atoms with E-state index in [4.69, 9.17) is 11.6 Å². The van der Waals surface area contributed by atoms with Gasteiger partial charge in [-0.15, -0.1) is 0 Å². The maximum Gasteiger partial charge on any atom is 0.280 e. The lowest BCUT2D eigenvalue weighted by molar-refractivity contribution is 0.0477. The van der Waals surface area contributed by atoms with Gasteiger partial charge in [-0.25, -0.2) is 0 Å². The maximum atomic E-state index is 12.6. The third-order valence-electron chi connectivity index (χ3n) is 4.90. The van der Waals surface area contributed by atoms with Gasteiger partial charge in [0, 0.05) is 25.3 Å². The summed E-state index contributed by atoms with van der Waals surface area (Å²) in [4.78, 5) is 44.8. The van der Waals surface area contributed by atoms with E-state index in [0.29, 0.717) is 42.1 Å². The number of fused-ring (bicyclic) bond motifs is 1. The van der Waals surface area contributed by atoms with E-state index in [9.17, 15) is 14.4 Å². The lowest BCUT2D eigenvalue weighted by Crippen LogP contribution is -2.48. The fraction of sp³-hybridized carbons (Fsp3) is 0.263. The van der Waals surface area contributed by atoms with Crippen LogP contribution in [-0.2, 0) is 0 Å². The summed E-state index contributed by atoms with van der Waals surface area (Å²) in [7, 11) is 0. The third kappa shape index (κ3) is 2.66. The van der Waals surface area contributed by atoms with Crippen molar-refractivity contribution in [3.05, 3.63) is 64.4 Å². The first-order chi connectivity index (χ1) is 12.6. The molecule has 1 saturated heterocycles. The fourth-order valence-corrected chi connectivity index (χ4v) is 3.76. The van der Waals surface area contributed by atoms with Crippen LogP contribution in [0.15, 0.2) is 42.6 Å². The minimum atomic E-state index is -0.346. The Bertz CT molecular complexity index is 871. The number of nitrogens with zero attached hydrogens (tertiary/aromatic N) is 3.